The van der Waals surface area contributed by atoms with Gasteiger partial charge in [0.2, 0.25) is 0 Å². The number of ether oxygens (including phenoxy) is 1. The average Bonchev–Trinajstić information content (AvgIpc) is 2.87. The molecule has 0 heterocycles. The lowest BCUT2D eigenvalue weighted by atomic mass is 9.19. The first-order chi connectivity index (χ1) is 20.2. The van der Waals surface area contributed by atoms with Crippen LogP contribution in [0.25, 0.3) is 0 Å². The number of hydrogen-bond donors (Lipinski definition) is 1. The first-order valence-corrected chi connectivity index (χ1v) is 19.0. The molecule has 1 N–H and O–H groups in total. The summed E-state index contributed by atoms with van der Waals surface area (Å²) in [6.45, 7) is 68.7. The van der Waals surface area contributed by atoms with Crippen LogP contribution in [0, 0.1) is 70.9 Å². The largest absolute Gasteiger partial charge is 0.490 e. The summed E-state index contributed by atoms with van der Waals surface area (Å²) in [7, 11) is 2.05. The molecule has 2 saturated carbocycles. The molecular formula is C45H83NO. The molecule has 47 heavy (non-hydrogen) atoms. The van der Waals surface area contributed by atoms with Gasteiger partial charge in [-0.05, 0) is 93.5 Å². The Kier molecular flexibility index (Phi) is 8.63. The van der Waals surface area contributed by atoms with Gasteiger partial charge in [-0.3, -0.25) is 0 Å². The summed E-state index contributed by atoms with van der Waals surface area (Å²) in [5.41, 5.74) is 1.97. The van der Waals surface area contributed by atoms with Crippen LogP contribution in [0.3, 0.4) is 0 Å². The molecule has 0 radical (unpaired) electrons. The van der Waals surface area contributed by atoms with Gasteiger partial charge in [-0.15, -0.1) is 0 Å². The maximum Gasteiger partial charge on any atom is 0.125 e. The second kappa shape index (κ2) is 9.97. The summed E-state index contributed by atoms with van der Waals surface area (Å²) in [6.07, 6.45) is -0.0992. The quantitative estimate of drug-likeness (QED) is 0.235. The maximum absolute atomic E-state index is 7.45. The molecule has 3 rings (SSSR count). The molecule has 0 spiro atoms. The Morgan fingerprint density at radius 3 is 1.43 bits per heavy atom. The van der Waals surface area contributed by atoms with Gasteiger partial charge >= 0.3 is 0 Å². The third kappa shape index (κ3) is 3.96. The van der Waals surface area contributed by atoms with Gasteiger partial charge in [0.25, 0.3) is 0 Å². The Hall–Kier alpha value is -0.760. The van der Waals surface area contributed by atoms with Crippen LogP contribution in [0.15, 0.2) is 23.5 Å². The second-order valence-corrected chi connectivity index (χ2v) is 23.2. The van der Waals surface area contributed by atoms with Crippen LogP contribution in [0.1, 0.15) is 173 Å². The Morgan fingerprint density at radius 2 is 1.02 bits per heavy atom. The van der Waals surface area contributed by atoms with E-state index in [1.807, 2.05) is 0 Å². The van der Waals surface area contributed by atoms with Crippen LogP contribution in [0.2, 0.25) is 0 Å². The summed E-state index contributed by atoms with van der Waals surface area (Å²) in [4.78, 5) is 0. The molecule has 274 valence electrons. The normalized spacial score (nSPS) is 37.2. The van der Waals surface area contributed by atoms with E-state index in [2.05, 4.69) is 185 Å². The molecule has 3 aliphatic rings. The van der Waals surface area contributed by atoms with Gasteiger partial charge in [-0.25, -0.2) is 0 Å². The third-order valence-corrected chi connectivity index (χ3v) is 20.6. The van der Waals surface area contributed by atoms with Gasteiger partial charge in [-0.1, -0.05) is 164 Å². The highest BCUT2D eigenvalue weighted by Gasteiger charge is 2.82. The molecular weight excluding hydrogens is 571 g/mol. The molecule has 0 aromatic heterocycles. The van der Waals surface area contributed by atoms with E-state index in [1.165, 1.54) is 5.57 Å². The van der Waals surface area contributed by atoms with Crippen LogP contribution < -0.4 is 5.32 Å². The zero-order valence-corrected chi connectivity index (χ0v) is 36.8. The molecule has 2 bridgehead atoms. The molecule has 4 atom stereocenters. The number of hydrogen-bond acceptors (Lipinski definition) is 2. The molecule has 0 aliphatic heterocycles. The van der Waals surface area contributed by atoms with E-state index >= 15 is 0 Å². The van der Waals surface area contributed by atoms with Gasteiger partial charge in [0, 0.05) is 16.4 Å². The summed E-state index contributed by atoms with van der Waals surface area (Å²) in [5.74, 6) is 1.27. The number of rotatable bonds is 5. The van der Waals surface area contributed by atoms with E-state index < -0.39 is 0 Å². The van der Waals surface area contributed by atoms with Crippen molar-refractivity contribution in [2.45, 2.75) is 185 Å². The van der Waals surface area contributed by atoms with Crippen molar-refractivity contribution in [2.75, 3.05) is 7.05 Å². The van der Waals surface area contributed by atoms with Crippen molar-refractivity contribution in [3.05, 3.63) is 23.5 Å². The number of fused-ring (bicyclic) bond motifs is 3. The molecule has 0 aromatic carbocycles. The monoisotopic (exact) mass is 654 g/mol. The van der Waals surface area contributed by atoms with Crippen LogP contribution in [-0.4, -0.2) is 18.7 Å². The Bertz CT molecular complexity index is 1340. The van der Waals surface area contributed by atoms with Crippen molar-refractivity contribution in [2.24, 2.45) is 70.9 Å². The van der Waals surface area contributed by atoms with Gasteiger partial charge < -0.3 is 10.1 Å². The zero-order valence-electron chi connectivity index (χ0n) is 36.8. The smallest absolute Gasteiger partial charge is 0.125 e. The highest BCUT2D eigenvalue weighted by atomic mass is 16.5. The predicted octanol–water partition coefficient (Wildman–Crippen LogP) is 13.1. The van der Waals surface area contributed by atoms with E-state index in [9.17, 15) is 0 Å². The summed E-state index contributed by atoms with van der Waals surface area (Å²) in [6, 6.07) is 0. The SMILES string of the molecule is C=C(OC1C(C)=C2C(C)(C)C(C)(C)C3(C)C(C(C)(C)C(C)(C)C(C)(C)C3(C)C)C(C)(C)C(C)(C2(C)C)C1(C)C)C(C)(C)C(C)(C)NC. The lowest BCUT2D eigenvalue weighted by Gasteiger charge is -2.85. The summed E-state index contributed by atoms with van der Waals surface area (Å²) >= 11 is 0. The fourth-order valence-corrected chi connectivity index (χ4v) is 14.3. The molecule has 0 amide bonds. The van der Waals surface area contributed by atoms with Crippen LogP contribution in [-0.2, 0) is 4.74 Å². The highest BCUT2D eigenvalue weighted by Crippen LogP contribution is 2.87. The third-order valence-electron chi connectivity index (χ3n) is 20.6. The van der Waals surface area contributed by atoms with Crippen LogP contribution in [0.5, 0.6) is 0 Å². The summed E-state index contributed by atoms with van der Waals surface area (Å²) < 4.78 is 7.45. The van der Waals surface area contributed by atoms with E-state index in [-0.39, 0.29) is 76.6 Å². The van der Waals surface area contributed by atoms with Gasteiger partial charge in [0.05, 0.1) is 5.76 Å². The van der Waals surface area contributed by atoms with E-state index in [1.54, 1.807) is 5.57 Å². The van der Waals surface area contributed by atoms with E-state index in [0.717, 1.165) is 5.76 Å². The molecule has 2 fully saturated rings. The zero-order chi connectivity index (χ0) is 37.8. The minimum Gasteiger partial charge on any atom is -0.490 e. The lowest BCUT2D eigenvalue weighted by molar-refractivity contribution is -0.357. The van der Waals surface area contributed by atoms with Crippen LogP contribution in [0.4, 0.5) is 0 Å². The fourth-order valence-electron chi connectivity index (χ4n) is 14.3. The van der Waals surface area contributed by atoms with Crippen molar-refractivity contribution in [1.82, 2.24) is 5.32 Å². The van der Waals surface area contributed by atoms with E-state index in [4.69, 9.17) is 11.3 Å². The van der Waals surface area contributed by atoms with Crippen molar-refractivity contribution in [3.63, 3.8) is 0 Å². The molecule has 0 saturated heterocycles. The second-order valence-electron chi connectivity index (χ2n) is 23.2. The topological polar surface area (TPSA) is 21.3 Å². The highest BCUT2D eigenvalue weighted by molar-refractivity contribution is 5.44. The Labute approximate surface area is 295 Å². The first-order valence-electron chi connectivity index (χ1n) is 19.0. The van der Waals surface area contributed by atoms with Gasteiger partial charge in [0.1, 0.15) is 6.10 Å². The van der Waals surface area contributed by atoms with Crippen LogP contribution >= 0.6 is 0 Å². The number of allylic oxidation sites excluding steroid dienone is 1. The van der Waals surface area contributed by atoms with Crippen molar-refractivity contribution >= 4 is 0 Å². The van der Waals surface area contributed by atoms with Crippen molar-refractivity contribution in [3.8, 4) is 0 Å². The van der Waals surface area contributed by atoms with Crippen molar-refractivity contribution in [1.29, 1.82) is 0 Å². The molecule has 4 unspecified atom stereocenters. The minimum atomic E-state index is -0.285. The first kappa shape index (κ1) is 40.7. The minimum absolute atomic E-state index is 0.0228. The maximum atomic E-state index is 7.45. The molecule has 3 aliphatic carbocycles. The fraction of sp³-hybridized carbons (Fsp3) is 0.911. The van der Waals surface area contributed by atoms with Gasteiger partial charge in [-0.2, -0.15) is 0 Å². The standard InChI is InChI=1S/C45H83NO/c1-28-30-34(5,6)40(17,18)44(25)32(37(11,12)39(15,16)41(19,20)42(44,21)22)38(13,14)45(26,35(30,7)8)36(9,10)31(28)47-29(2)33(3,4)43(23,24)46-27/h31-32,46H,2H2,1,3-27H3. The Balaban J connectivity index is 2.66. The molecule has 2 heteroatoms. The predicted molar refractivity (Wildman–Crippen MR) is 207 cm³/mol. The Morgan fingerprint density at radius 1 is 0.596 bits per heavy atom. The lowest BCUT2D eigenvalue weighted by Crippen LogP contribution is -2.80. The molecule has 0 aromatic rings. The van der Waals surface area contributed by atoms with Crippen molar-refractivity contribution < 1.29 is 4.74 Å². The van der Waals surface area contributed by atoms with E-state index in [0.29, 0.717) is 5.92 Å². The molecule has 2 nitrogen and oxygen atoms in total. The average molecular weight is 654 g/mol. The van der Waals surface area contributed by atoms with Gasteiger partial charge in [0.15, 0.2) is 0 Å². The summed E-state index contributed by atoms with van der Waals surface area (Å²) in [5, 5.41) is 3.56. The number of nitrogens with one attached hydrogen (secondary N) is 1.